The van der Waals surface area contributed by atoms with Gasteiger partial charge in [0.05, 0.1) is 4.92 Å². The van der Waals surface area contributed by atoms with Crippen LogP contribution in [-0.2, 0) is 0 Å². The molecule has 108 valence electrons. The number of piperazine rings is 1. The lowest BCUT2D eigenvalue weighted by molar-refractivity contribution is -0.384. The molecule has 20 heavy (non-hydrogen) atoms. The van der Waals surface area contributed by atoms with Gasteiger partial charge in [-0.05, 0) is 26.0 Å². The number of allylic oxidation sites excluding steroid dienone is 1. The van der Waals surface area contributed by atoms with Gasteiger partial charge in [-0.2, -0.15) is 0 Å². The number of nitro benzene ring substituents is 1. The van der Waals surface area contributed by atoms with Gasteiger partial charge < -0.3 is 4.90 Å². The average Bonchev–Trinajstić information content (AvgIpc) is 2.48. The summed E-state index contributed by atoms with van der Waals surface area (Å²) in [4.78, 5) is 15.0. The lowest BCUT2D eigenvalue weighted by Crippen LogP contribution is -2.46. The van der Waals surface area contributed by atoms with Crippen LogP contribution in [0.3, 0.4) is 0 Å². The molecule has 5 nitrogen and oxygen atoms in total. The molecule has 1 aliphatic heterocycles. The van der Waals surface area contributed by atoms with Crippen molar-refractivity contribution in [2.24, 2.45) is 0 Å². The molecule has 1 saturated heterocycles. The van der Waals surface area contributed by atoms with Crippen molar-refractivity contribution in [2.45, 2.75) is 13.8 Å². The molecule has 5 heteroatoms. The van der Waals surface area contributed by atoms with Crippen molar-refractivity contribution in [1.29, 1.82) is 0 Å². The van der Waals surface area contributed by atoms with Crippen LogP contribution in [0.2, 0.25) is 0 Å². The van der Waals surface area contributed by atoms with E-state index in [-0.39, 0.29) is 10.6 Å². The average molecular weight is 275 g/mol. The molecule has 2 rings (SSSR count). The molecule has 0 spiro atoms. The van der Waals surface area contributed by atoms with Gasteiger partial charge in [0.2, 0.25) is 0 Å². The van der Waals surface area contributed by atoms with E-state index in [0.717, 1.165) is 38.4 Å². The van der Waals surface area contributed by atoms with Crippen LogP contribution in [-0.4, -0.2) is 42.5 Å². The van der Waals surface area contributed by atoms with E-state index in [2.05, 4.69) is 29.7 Å². The highest BCUT2D eigenvalue weighted by molar-refractivity contribution is 5.51. The van der Waals surface area contributed by atoms with E-state index in [4.69, 9.17) is 0 Å². The zero-order chi connectivity index (χ0) is 14.5. The van der Waals surface area contributed by atoms with Gasteiger partial charge >= 0.3 is 0 Å². The molecular weight excluding hydrogens is 254 g/mol. The largest absolute Gasteiger partial charge is 0.369 e. The van der Waals surface area contributed by atoms with Gasteiger partial charge in [0.25, 0.3) is 5.69 Å². The molecule has 0 radical (unpaired) electrons. The number of anilines is 1. The van der Waals surface area contributed by atoms with Crippen LogP contribution in [0, 0.1) is 10.1 Å². The van der Waals surface area contributed by atoms with Gasteiger partial charge in [0.15, 0.2) is 0 Å². The first-order valence-corrected chi connectivity index (χ1v) is 6.93. The second-order valence-corrected chi connectivity index (χ2v) is 5.17. The van der Waals surface area contributed by atoms with Crippen molar-refractivity contribution >= 4 is 11.4 Å². The smallest absolute Gasteiger partial charge is 0.269 e. The first-order chi connectivity index (χ1) is 9.60. The zero-order valence-corrected chi connectivity index (χ0v) is 12.1. The predicted octanol–water partition coefficient (Wildman–Crippen LogP) is 2.68. The molecule has 1 aliphatic rings. The molecule has 1 fully saturated rings. The molecule has 1 aromatic carbocycles. The Morgan fingerprint density at radius 1 is 1.25 bits per heavy atom. The van der Waals surface area contributed by atoms with Crippen LogP contribution in [0.5, 0.6) is 0 Å². The van der Waals surface area contributed by atoms with Crippen molar-refractivity contribution in [3.63, 3.8) is 0 Å². The number of non-ortho nitro benzene ring substituents is 1. The molecular formula is C15H21N3O2. The Morgan fingerprint density at radius 2 is 1.85 bits per heavy atom. The molecule has 0 amide bonds. The fraction of sp³-hybridized carbons (Fsp3) is 0.467. The van der Waals surface area contributed by atoms with Crippen molar-refractivity contribution in [1.82, 2.24) is 4.90 Å². The number of hydrogen-bond donors (Lipinski definition) is 0. The summed E-state index contributed by atoms with van der Waals surface area (Å²) >= 11 is 0. The lowest BCUT2D eigenvalue weighted by atomic mass is 10.2. The summed E-state index contributed by atoms with van der Waals surface area (Å²) in [5.74, 6) is 0. The summed E-state index contributed by atoms with van der Waals surface area (Å²) in [5.41, 5.74) is 2.61. The molecule has 0 atom stereocenters. The monoisotopic (exact) mass is 275 g/mol. The van der Waals surface area contributed by atoms with Crippen LogP contribution in [0.4, 0.5) is 11.4 Å². The van der Waals surface area contributed by atoms with Crippen molar-refractivity contribution < 1.29 is 4.92 Å². The Balaban J connectivity index is 1.92. The topological polar surface area (TPSA) is 49.6 Å². The number of nitro groups is 1. The summed E-state index contributed by atoms with van der Waals surface area (Å²) in [6, 6.07) is 6.83. The maximum Gasteiger partial charge on any atom is 0.269 e. The molecule has 0 aliphatic carbocycles. The van der Waals surface area contributed by atoms with Crippen molar-refractivity contribution in [3.8, 4) is 0 Å². The summed E-state index contributed by atoms with van der Waals surface area (Å²) in [6.45, 7) is 9.25. The normalized spacial score (nSPS) is 17.3. The first-order valence-electron chi connectivity index (χ1n) is 6.93. The van der Waals surface area contributed by atoms with Gasteiger partial charge in [0.1, 0.15) is 0 Å². The lowest BCUT2D eigenvalue weighted by Gasteiger charge is -2.36. The molecule has 0 saturated carbocycles. The Labute approximate surface area is 119 Å². The van der Waals surface area contributed by atoms with E-state index in [0.29, 0.717) is 0 Å². The van der Waals surface area contributed by atoms with Gasteiger partial charge in [-0.25, -0.2) is 0 Å². The van der Waals surface area contributed by atoms with Crippen LogP contribution in [0.15, 0.2) is 35.9 Å². The summed E-state index contributed by atoms with van der Waals surface area (Å²) in [5, 5.41) is 10.6. The summed E-state index contributed by atoms with van der Waals surface area (Å²) in [7, 11) is 0. The van der Waals surface area contributed by atoms with E-state index in [9.17, 15) is 10.1 Å². The first kappa shape index (κ1) is 14.5. The summed E-state index contributed by atoms with van der Waals surface area (Å²) in [6.07, 6.45) is 2.16. The number of benzene rings is 1. The molecule has 0 unspecified atom stereocenters. The van der Waals surface area contributed by atoms with E-state index in [1.165, 1.54) is 5.57 Å². The Morgan fingerprint density at radius 3 is 2.35 bits per heavy atom. The number of hydrogen-bond acceptors (Lipinski definition) is 4. The number of rotatable bonds is 4. The fourth-order valence-corrected chi connectivity index (χ4v) is 2.39. The van der Waals surface area contributed by atoms with Gasteiger partial charge in [0, 0.05) is 50.5 Å². The Hall–Kier alpha value is -1.88. The van der Waals surface area contributed by atoms with Crippen LogP contribution in [0.25, 0.3) is 0 Å². The minimum Gasteiger partial charge on any atom is -0.369 e. The van der Waals surface area contributed by atoms with E-state index in [1.54, 1.807) is 12.1 Å². The molecule has 0 bridgehead atoms. The minimum atomic E-state index is -0.360. The summed E-state index contributed by atoms with van der Waals surface area (Å²) < 4.78 is 0. The molecule has 1 heterocycles. The SMILES string of the molecule is C/C=C(\C)CN1CCN(c2ccc([N+](=O)[O-])cc2)CC1. The van der Waals surface area contributed by atoms with Crippen LogP contribution in [0.1, 0.15) is 13.8 Å². The predicted molar refractivity (Wildman–Crippen MR) is 81.2 cm³/mol. The van der Waals surface area contributed by atoms with Gasteiger partial charge in [-0.3, -0.25) is 15.0 Å². The minimum absolute atomic E-state index is 0.149. The van der Waals surface area contributed by atoms with Crippen molar-refractivity contribution in [2.75, 3.05) is 37.6 Å². The highest BCUT2D eigenvalue weighted by Gasteiger charge is 2.17. The third-order valence-corrected chi connectivity index (χ3v) is 3.76. The standard InChI is InChI=1S/C15H21N3O2/c1-3-13(2)12-16-8-10-17(11-9-16)14-4-6-15(7-5-14)18(19)20/h3-7H,8-12H2,1-2H3/b13-3+. The highest BCUT2D eigenvalue weighted by atomic mass is 16.6. The molecule has 0 N–H and O–H groups in total. The second-order valence-electron chi connectivity index (χ2n) is 5.17. The Kier molecular flexibility index (Phi) is 4.74. The maximum absolute atomic E-state index is 10.6. The van der Waals surface area contributed by atoms with Crippen LogP contribution >= 0.6 is 0 Å². The van der Waals surface area contributed by atoms with Crippen LogP contribution < -0.4 is 4.90 Å². The second kappa shape index (κ2) is 6.52. The van der Waals surface area contributed by atoms with E-state index in [1.807, 2.05) is 12.1 Å². The highest BCUT2D eigenvalue weighted by Crippen LogP contribution is 2.20. The Bertz CT molecular complexity index is 488. The molecule has 1 aromatic rings. The van der Waals surface area contributed by atoms with Gasteiger partial charge in [-0.1, -0.05) is 11.6 Å². The maximum atomic E-state index is 10.6. The number of nitrogens with zero attached hydrogens (tertiary/aromatic N) is 3. The molecule has 0 aromatic heterocycles. The van der Waals surface area contributed by atoms with E-state index >= 15 is 0 Å². The van der Waals surface area contributed by atoms with Crippen molar-refractivity contribution in [3.05, 3.63) is 46.0 Å². The zero-order valence-electron chi connectivity index (χ0n) is 12.1. The van der Waals surface area contributed by atoms with E-state index < -0.39 is 0 Å². The van der Waals surface area contributed by atoms with Gasteiger partial charge in [-0.15, -0.1) is 0 Å². The quantitative estimate of drug-likeness (QED) is 0.481. The third-order valence-electron chi connectivity index (χ3n) is 3.76. The third kappa shape index (κ3) is 3.57. The fourth-order valence-electron chi connectivity index (χ4n) is 2.39.